The zero-order valence-corrected chi connectivity index (χ0v) is 15.6. The number of benzene rings is 1. The van der Waals surface area contributed by atoms with Crippen LogP contribution in [0.5, 0.6) is 0 Å². The summed E-state index contributed by atoms with van der Waals surface area (Å²) in [5.74, 6) is 0.559. The maximum absolute atomic E-state index is 12.4. The van der Waals surface area contributed by atoms with Gasteiger partial charge in [0, 0.05) is 41.3 Å². The number of rotatable bonds is 4. The molecule has 0 radical (unpaired) electrons. The Bertz CT molecular complexity index is 1050. The number of hydrogen-bond acceptors (Lipinski definition) is 4. The SMILES string of the molecule is Cc1cc(N2CCCC2Cn2nc(C3CC3)ccc2=O)c2ccccc2n1. The molecular weight excluding hydrogens is 336 g/mol. The van der Waals surface area contributed by atoms with Crippen LogP contribution in [0.3, 0.4) is 0 Å². The van der Waals surface area contributed by atoms with Gasteiger partial charge in [0.1, 0.15) is 0 Å². The van der Waals surface area contributed by atoms with Crippen LogP contribution in [0.2, 0.25) is 0 Å². The molecule has 2 fully saturated rings. The first-order valence-electron chi connectivity index (χ1n) is 9.90. The molecule has 1 saturated heterocycles. The summed E-state index contributed by atoms with van der Waals surface area (Å²) < 4.78 is 1.69. The lowest BCUT2D eigenvalue weighted by Crippen LogP contribution is -2.37. The first-order valence-corrected chi connectivity index (χ1v) is 9.90. The van der Waals surface area contributed by atoms with Gasteiger partial charge in [0.2, 0.25) is 0 Å². The molecule has 3 aromatic rings. The highest BCUT2D eigenvalue weighted by atomic mass is 16.1. The van der Waals surface area contributed by atoms with Crippen LogP contribution in [-0.2, 0) is 6.54 Å². The lowest BCUT2D eigenvalue weighted by Gasteiger charge is -2.28. The van der Waals surface area contributed by atoms with Gasteiger partial charge in [-0.2, -0.15) is 5.10 Å². The molecule has 1 aliphatic heterocycles. The van der Waals surface area contributed by atoms with Crippen LogP contribution in [0.15, 0.2) is 47.3 Å². The highest BCUT2D eigenvalue weighted by molar-refractivity contribution is 5.92. The number of hydrogen-bond donors (Lipinski definition) is 0. The van der Waals surface area contributed by atoms with Crippen LogP contribution in [0.1, 0.15) is 43.0 Å². The van der Waals surface area contributed by atoms with Crippen molar-refractivity contribution in [1.29, 1.82) is 0 Å². The topological polar surface area (TPSA) is 51.0 Å². The molecule has 5 heteroatoms. The first-order chi connectivity index (χ1) is 13.2. The molecule has 1 aromatic carbocycles. The maximum atomic E-state index is 12.4. The minimum absolute atomic E-state index is 0.00187. The number of anilines is 1. The van der Waals surface area contributed by atoms with E-state index in [1.807, 2.05) is 19.1 Å². The second-order valence-electron chi connectivity index (χ2n) is 7.84. The van der Waals surface area contributed by atoms with Crippen molar-refractivity contribution in [2.45, 2.75) is 51.1 Å². The van der Waals surface area contributed by atoms with Gasteiger partial charge in [-0.15, -0.1) is 0 Å². The van der Waals surface area contributed by atoms with Crippen molar-refractivity contribution in [2.24, 2.45) is 0 Å². The third-order valence-electron chi connectivity index (χ3n) is 5.78. The fourth-order valence-electron chi connectivity index (χ4n) is 4.26. The minimum Gasteiger partial charge on any atom is -0.366 e. The van der Waals surface area contributed by atoms with Gasteiger partial charge in [-0.3, -0.25) is 9.78 Å². The van der Waals surface area contributed by atoms with Crippen LogP contribution in [-0.4, -0.2) is 27.4 Å². The molecule has 2 aromatic heterocycles. The highest BCUT2D eigenvalue weighted by Crippen LogP contribution is 2.38. The van der Waals surface area contributed by atoms with Gasteiger partial charge in [-0.1, -0.05) is 18.2 Å². The molecule has 2 aliphatic rings. The van der Waals surface area contributed by atoms with E-state index >= 15 is 0 Å². The molecule has 5 nitrogen and oxygen atoms in total. The zero-order valence-electron chi connectivity index (χ0n) is 15.6. The molecule has 1 unspecified atom stereocenters. The van der Waals surface area contributed by atoms with Crippen molar-refractivity contribution in [2.75, 3.05) is 11.4 Å². The van der Waals surface area contributed by atoms with Crippen molar-refractivity contribution in [3.63, 3.8) is 0 Å². The van der Waals surface area contributed by atoms with Gasteiger partial charge in [0.15, 0.2) is 0 Å². The van der Waals surface area contributed by atoms with Crippen molar-refractivity contribution in [1.82, 2.24) is 14.8 Å². The van der Waals surface area contributed by atoms with Gasteiger partial charge in [-0.25, -0.2) is 4.68 Å². The molecule has 138 valence electrons. The lowest BCUT2D eigenvalue weighted by atomic mass is 10.1. The number of nitrogens with zero attached hydrogens (tertiary/aromatic N) is 4. The van der Waals surface area contributed by atoms with Gasteiger partial charge in [0.05, 0.1) is 17.8 Å². The standard InChI is InChI=1S/C22H24N4O/c1-15-13-21(18-6-2-3-7-20(18)23-15)25-12-4-5-17(25)14-26-22(27)11-10-19(24-26)16-8-9-16/h2-3,6-7,10-11,13,16-17H,4-5,8-9,12,14H2,1H3. The summed E-state index contributed by atoms with van der Waals surface area (Å²) in [7, 11) is 0. The average molecular weight is 360 g/mol. The van der Waals surface area contributed by atoms with Gasteiger partial charge < -0.3 is 4.90 Å². The predicted molar refractivity (Wildman–Crippen MR) is 107 cm³/mol. The van der Waals surface area contributed by atoms with Gasteiger partial charge >= 0.3 is 0 Å². The Hall–Kier alpha value is -2.69. The molecule has 3 heterocycles. The highest BCUT2D eigenvalue weighted by Gasteiger charge is 2.29. The normalized spacial score (nSPS) is 19.7. The van der Waals surface area contributed by atoms with Crippen LogP contribution in [0.25, 0.3) is 10.9 Å². The van der Waals surface area contributed by atoms with E-state index in [-0.39, 0.29) is 11.6 Å². The number of pyridine rings is 1. The Morgan fingerprint density at radius 3 is 2.81 bits per heavy atom. The largest absolute Gasteiger partial charge is 0.366 e. The monoisotopic (exact) mass is 360 g/mol. The predicted octanol–water partition coefficient (Wildman–Crippen LogP) is 3.65. The first kappa shape index (κ1) is 16.5. The number of aryl methyl sites for hydroxylation is 1. The van der Waals surface area contributed by atoms with Crippen molar-refractivity contribution in [3.8, 4) is 0 Å². The molecule has 0 N–H and O–H groups in total. The number of para-hydroxylation sites is 1. The Morgan fingerprint density at radius 2 is 1.96 bits per heavy atom. The Morgan fingerprint density at radius 1 is 1.11 bits per heavy atom. The molecule has 1 saturated carbocycles. The van der Waals surface area contributed by atoms with E-state index < -0.39 is 0 Å². The molecule has 0 amide bonds. The van der Waals surface area contributed by atoms with Crippen LogP contribution >= 0.6 is 0 Å². The van der Waals surface area contributed by atoms with E-state index in [1.54, 1.807) is 10.7 Å². The summed E-state index contributed by atoms with van der Waals surface area (Å²) in [6.07, 6.45) is 4.61. The summed E-state index contributed by atoms with van der Waals surface area (Å²) in [5, 5.41) is 5.85. The summed E-state index contributed by atoms with van der Waals surface area (Å²) >= 11 is 0. The van der Waals surface area contributed by atoms with Crippen LogP contribution in [0, 0.1) is 6.92 Å². The second-order valence-corrected chi connectivity index (χ2v) is 7.84. The molecular formula is C22H24N4O. The summed E-state index contributed by atoms with van der Waals surface area (Å²) in [4.78, 5) is 19.5. The molecule has 1 atom stereocenters. The fourth-order valence-corrected chi connectivity index (χ4v) is 4.26. The maximum Gasteiger partial charge on any atom is 0.266 e. The second kappa shape index (κ2) is 6.48. The Balaban J connectivity index is 1.50. The number of fused-ring (bicyclic) bond motifs is 1. The average Bonchev–Trinajstić information content (AvgIpc) is 3.42. The Kier molecular flexibility index (Phi) is 3.96. The number of aromatic nitrogens is 3. The molecule has 0 bridgehead atoms. The smallest absolute Gasteiger partial charge is 0.266 e. The fraction of sp³-hybridized carbons (Fsp3) is 0.409. The van der Waals surface area contributed by atoms with E-state index in [4.69, 9.17) is 0 Å². The minimum atomic E-state index is 0.00187. The van der Waals surface area contributed by atoms with Crippen molar-refractivity contribution < 1.29 is 0 Å². The molecule has 1 aliphatic carbocycles. The third-order valence-corrected chi connectivity index (χ3v) is 5.78. The quantitative estimate of drug-likeness (QED) is 0.713. The summed E-state index contributed by atoms with van der Waals surface area (Å²) in [6.45, 7) is 3.70. The van der Waals surface area contributed by atoms with Gasteiger partial charge in [0.25, 0.3) is 5.56 Å². The molecule has 5 rings (SSSR count). The summed E-state index contributed by atoms with van der Waals surface area (Å²) in [5.41, 5.74) is 4.36. The van der Waals surface area contributed by atoms with Crippen molar-refractivity contribution >= 4 is 16.6 Å². The van der Waals surface area contributed by atoms with Crippen LogP contribution in [0.4, 0.5) is 5.69 Å². The van der Waals surface area contributed by atoms with E-state index in [0.717, 1.165) is 36.3 Å². The molecule has 0 spiro atoms. The van der Waals surface area contributed by atoms with E-state index in [1.165, 1.54) is 23.9 Å². The van der Waals surface area contributed by atoms with E-state index in [9.17, 15) is 4.79 Å². The third kappa shape index (κ3) is 3.11. The molecule has 27 heavy (non-hydrogen) atoms. The van der Waals surface area contributed by atoms with Gasteiger partial charge in [-0.05, 0) is 50.8 Å². The Labute approximate surface area is 158 Å². The zero-order chi connectivity index (χ0) is 18.4. The van der Waals surface area contributed by atoms with E-state index in [2.05, 4.69) is 39.2 Å². The van der Waals surface area contributed by atoms with Crippen LogP contribution < -0.4 is 10.5 Å². The van der Waals surface area contributed by atoms with Crippen molar-refractivity contribution in [3.05, 3.63) is 64.2 Å². The van der Waals surface area contributed by atoms with E-state index in [0.29, 0.717) is 12.5 Å². The lowest BCUT2D eigenvalue weighted by molar-refractivity contribution is 0.482. The summed E-state index contributed by atoms with van der Waals surface area (Å²) in [6, 6.07) is 14.4.